The molecule has 1 aromatic carbocycles. The molecule has 0 radical (unpaired) electrons. The number of nitrogens with zero attached hydrogens (tertiary/aromatic N) is 1. The van der Waals surface area contributed by atoms with Crippen LogP contribution in [0.15, 0.2) is 43.0 Å². The van der Waals surface area contributed by atoms with E-state index >= 15 is 0 Å². The first-order valence-electron chi connectivity index (χ1n) is 9.23. The van der Waals surface area contributed by atoms with Crippen molar-refractivity contribution < 1.29 is 23.8 Å². The van der Waals surface area contributed by atoms with Gasteiger partial charge in [-0.15, -0.1) is 6.58 Å². The SMILES string of the molecule is C=C[C@]1(C(=O)OC)CC[C@H](/C=C/c2ccc(OC)cc2)N1C(=O)OC(C)(C)C. The van der Waals surface area contributed by atoms with Gasteiger partial charge in [0.15, 0.2) is 5.54 Å². The van der Waals surface area contributed by atoms with E-state index in [0.29, 0.717) is 12.8 Å². The maximum atomic E-state index is 13.0. The van der Waals surface area contributed by atoms with Crippen molar-refractivity contribution in [2.75, 3.05) is 14.2 Å². The topological polar surface area (TPSA) is 65.1 Å². The number of methoxy groups -OCH3 is 2. The van der Waals surface area contributed by atoms with Crippen LogP contribution in [0, 0.1) is 0 Å². The molecule has 0 aliphatic carbocycles. The molecule has 1 aromatic rings. The smallest absolute Gasteiger partial charge is 0.412 e. The summed E-state index contributed by atoms with van der Waals surface area (Å²) in [6.45, 7) is 9.16. The molecule has 0 bridgehead atoms. The lowest BCUT2D eigenvalue weighted by Gasteiger charge is -2.36. The second-order valence-corrected chi connectivity index (χ2v) is 7.71. The van der Waals surface area contributed by atoms with Crippen LogP contribution in [-0.2, 0) is 14.3 Å². The molecular formula is C22H29NO5. The molecule has 2 rings (SSSR count). The van der Waals surface area contributed by atoms with Crippen molar-refractivity contribution in [3.05, 3.63) is 48.6 Å². The van der Waals surface area contributed by atoms with E-state index in [1.54, 1.807) is 27.9 Å². The Labute approximate surface area is 166 Å². The van der Waals surface area contributed by atoms with Crippen LogP contribution in [0.4, 0.5) is 4.79 Å². The second kappa shape index (κ2) is 8.50. The average molecular weight is 387 g/mol. The van der Waals surface area contributed by atoms with Crippen molar-refractivity contribution in [2.24, 2.45) is 0 Å². The molecule has 152 valence electrons. The van der Waals surface area contributed by atoms with Gasteiger partial charge in [-0.05, 0) is 51.3 Å². The Morgan fingerprint density at radius 1 is 1.21 bits per heavy atom. The van der Waals surface area contributed by atoms with E-state index in [1.165, 1.54) is 18.1 Å². The van der Waals surface area contributed by atoms with Crippen LogP contribution in [0.25, 0.3) is 6.08 Å². The maximum Gasteiger partial charge on any atom is 0.412 e. The Bertz CT molecular complexity index is 747. The van der Waals surface area contributed by atoms with Gasteiger partial charge < -0.3 is 14.2 Å². The highest BCUT2D eigenvalue weighted by molar-refractivity contribution is 5.89. The summed E-state index contributed by atoms with van der Waals surface area (Å²) < 4.78 is 15.7. The number of carbonyl (C=O) groups is 2. The molecule has 0 aromatic heterocycles. The highest BCUT2D eigenvalue weighted by atomic mass is 16.6. The first-order chi connectivity index (χ1) is 13.2. The molecule has 1 amide bonds. The van der Waals surface area contributed by atoms with Gasteiger partial charge in [-0.1, -0.05) is 30.4 Å². The van der Waals surface area contributed by atoms with Crippen molar-refractivity contribution in [2.45, 2.75) is 50.8 Å². The summed E-state index contributed by atoms with van der Waals surface area (Å²) in [5.41, 5.74) is -0.974. The molecule has 1 aliphatic rings. The fourth-order valence-electron chi connectivity index (χ4n) is 3.30. The van der Waals surface area contributed by atoms with Gasteiger partial charge in [-0.25, -0.2) is 9.59 Å². The fraction of sp³-hybridized carbons (Fsp3) is 0.455. The summed E-state index contributed by atoms with van der Waals surface area (Å²) >= 11 is 0. The van der Waals surface area contributed by atoms with Crippen molar-refractivity contribution in [1.29, 1.82) is 0 Å². The molecule has 1 fully saturated rings. The van der Waals surface area contributed by atoms with Gasteiger partial charge in [-0.2, -0.15) is 0 Å². The number of rotatable bonds is 5. The van der Waals surface area contributed by atoms with Crippen molar-refractivity contribution in [3.8, 4) is 5.75 Å². The first-order valence-corrected chi connectivity index (χ1v) is 9.23. The van der Waals surface area contributed by atoms with Gasteiger partial charge in [0.05, 0.1) is 20.3 Å². The molecule has 1 aliphatic heterocycles. The minimum absolute atomic E-state index is 0.325. The average Bonchev–Trinajstić information content (AvgIpc) is 3.04. The zero-order chi connectivity index (χ0) is 20.9. The van der Waals surface area contributed by atoms with E-state index in [4.69, 9.17) is 14.2 Å². The highest BCUT2D eigenvalue weighted by Crippen LogP contribution is 2.38. The third kappa shape index (κ3) is 4.55. The zero-order valence-corrected chi connectivity index (χ0v) is 17.2. The minimum atomic E-state index is -1.24. The van der Waals surface area contributed by atoms with Crippen LogP contribution in [0.3, 0.4) is 0 Å². The summed E-state index contributed by atoms with van der Waals surface area (Å²) in [4.78, 5) is 27.0. The molecule has 0 unspecified atom stereocenters. The van der Waals surface area contributed by atoms with E-state index < -0.39 is 23.2 Å². The van der Waals surface area contributed by atoms with Gasteiger partial charge >= 0.3 is 12.1 Å². The van der Waals surface area contributed by atoms with E-state index in [0.717, 1.165) is 11.3 Å². The number of carbonyl (C=O) groups excluding carboxylic acids is 2. The summed E-state index contributed by atoms with van der Waals surface area (Å²) in [6.07, 6.45) is 5.73. The number of hydrogen-bond donors (Lipinski definition) is 0. The molecular weight excluding hydrogens is 358 g/mol. The predicted molar refractivity (Wildman–Crippen MR) is 108 cm³/mol. The van der Waals surface area contributed by atoms with Gasteiger partial charge in [0.25, 0.3) is 0 Å². The van der Waals surface area contributed by atoms with Gasteiger partial charge in [0.1, 0.15) is 11.4 Å². The van der Waals surface area contributed by atoms with Crippen molar-refractivity contribution in [1.82, 2.24) is 4.90 Å². The molecule has 1 saturated heterocycles. The molecule has 0 spiro atoms. The van der Waals surface area contributed by atoms with E-state index in [9.17, 15) is 9.59 Å². The second-order valence-electron chi connectivity index (χ2n) is 7.71. The maximum absolute atomic E-state index is 13.0. The lowest BCUT2D eigenvalue weighted by atomic mass is 9.97. The molecule has 2 atom stereocenters. The summed E-state index contributed by atoms with van der Waals surface area (Å²) in [7, 11) is 2.92. The Hall–Kier alpha value is -2.76. The lowest BCUT2D eigenvalue weighted by molar-refractivity contribution is -0.150. The number of likely N-dealkylation sites (tertiary alicyclic amines) is 1. The highest BCUT2D eigenvalue weighted by Gasteiger charge is 2.53. The number of ether oxygens (including phenoxy) is 3. The molecule has 1 heterocycles. The van der Waals surface area contributed by atoms with E-state index in [1.807, 2.05) is 36.4 Å². The van der Waals surface area contributed by atoms with Crippen LogP contribution >= 0.6 is 0 Å². The number of benzene rings is 1. The van der Waals surface area contributed by atoms with Crippen LogP contribution in [0.2, 0.25) is 0 Å². The quantitative estimate of drug-likeness (QED) is 0.559. The minimum Gasteiger partial charge on any atom is -0.497 e. The number of amides is 1. The van der Waals surface area contributed by atoms with Crippen molar-refractivity contribution >= 4 is 18.1 Å². The lowest BCUT2D eigenvalue weighted by Crippen LogP contribution is -2.55. The van der Waals surface area contributed by atoms with Crippen LogP contribution in [-0.4, -0.2) is 48.4 Å². The summed E-state index contributed by atoms with van der Waals surface area (Å²) in [6, 6.07) is 7.24. The van der Waals surface area contributed by atoms with Gasteiger partial charge in [0.2, 0.25) is 0 Å². The molecule has 0 N–H and O–H groups in total. The third-order valence-electron chi connectivity index (χ3n) is 4.68. The normalized spacial score (nSPS) is 22.2. The zero-order valence-electron chi connectivity index (χ0n) is 17.2. The number of esters is 1. The van der Waals surface area contributed by atoms with Crippen LogP contribution < -0.4 is 4.74 Å². The molecule has 6 nitrogen and oxygen atoms in total. The van der Waals surface area contributed by atoms with Gasteiger partial charge in [0, 0.05) is 0 Å². The standard InChI is InChI=1S/C22H29NO5/c1-7-22(19(24)27-6)15-14-17(23(22)20(25)28-21(2,3)4)11-8-16-9-12-18(26-5)13-10-16/h7-13,17H,1,14-15H2,2-6H3/b11-8+/t17-,22+/m0/s1. The monoisotopic (exact) mass is 387 g/mol. The first kappa shape index (κ1) is 21.5. The van der Waals surface area contributed by atoms with Crippen molar-refractivity contribution in [3.63, 3.8) is 0 Å². The van der Waals surface area contributed by atoms with E-state index in [2.05, 4.69) is 6.58 Å². The Morgan fingerprint density at radius 2 is 1.86 bits per heavy atom. The molecule has 28 heavy (non-hydrogen) atoms. The van der Waals surface area contributed by atoms with Crippen LogP contribution in [0.1, 0.15) is 39.2 Å². The third-order valence-corrected chi connectivity index (χ3v) is 4.68. The molecule has 0 saturated carbocycles. The van der Waals surface area contributed by atoms with E-state index in [-0.39, 0.29) is 6.04 Å². The predicted octanol–water partition coefficient (Wildman–Crippen LogP) is 4.21. The largest absolute Gasteiger partial charge is 0.497 e. The fourth-order valence-corrected chi connectivity index (χ4v) is 3.30. The van der Waals surface area contributed by atoms with Gasteiger partial charge in [-0.3, -0.25) is 4.90 Å². The molecule has 6 heteroatoms. The Morgan fingerprint density at radius 3 is 2.36 bits per heavy atom. The Balaban J connectivity index is 2.35. The Kier molecular flexibility index (Phi) is 6.54. The summed E-state index contributed by atoms with van der Waals surface area (Å²) in [5, 5.41) is 0. The summed E-state index contributed by atoms with van der Waals surface area (Å²) in [5.74, 6) is 0.249. The van der Waals surface area contributed by atoms with Crippen LogP contribution in [0.5, 0.6) is 5.75 Å². The number of hydrogen-bond acceptors (Lipinski definition) is 5.